The summed E-state index contributed by atoms with van der Waals surface area (Å²) >= 11 is 3.31. The molecule has 0 aliphatic rings. The summed E-state index contributed by atoms with van der Waals surface area (Å²) in [6.45, 7) is 0.0568. The third-order valence-electron chi connectivity index (χ3n) is 2.38. The zero-order valence-corrected chi connectivity index (χ0v) is 11.3. The van der Waals surface area contributed by atoms with Crippen LogP contribution in [-0.4, -0.2) is 4.92 Å². The van der Waals surface area contributed by atoms with E-state index in [2.05, 4.69) is 15.9 Å². The van der Waals surface area contributed by atoms with Crippen LogP contribution >= 0.6 is 15.9 Å². The zero-order chi connectivity index (χ0) is 13.8. The van der Waals surface area contributed by atoms with Gasteiger partial charge in [0.05, 0.1) is 15.5 Å². The first-order chi connectivity index (χ1) is 9.06. The van der Waals surface area contributed by atoms with Gasteiger partial charge in [-0.1, -0.05) is 12.1 Å². The molecule has 98 valence electrons. The van der Waals surface area contributed by atoms with Crippen LogP contribution in [0.4, 0.5) is 10.1 Å². The lowest BCUT2D eigenvalue weighted by Crippen LogP contribution is -1.98. The second kappa shape index (κ2) is 5.79. The molecule has 0 spiro atoms. The standard InChI is InChI=1S/C13H9BrFNO3/c14-12-3-1-2-4-13(12)19-8-9-5-10(15)7-11(6-9)16(17)18/h1-7H,8H2. The first kappa shape index (κ1) is 13.5. The molecule has 0 fully saturated rings. The third kappa shape index (κ3) is 3.51. The van der Waals surface area contributed by atoms with Gasteiger partial charge in [-0.2, -0.15) is 0 Å². The number of para-hydroxylation sites is 1. The van der Waals surface area contributed by atoms with Crippen molar-refractivity contribution in [3.63, 3.8) is 0 Å². The molecule has 0 N–H and O–H groups in total. The highest BCUT2D eigenvalue weighted by Gasteiger charge is 2.10. The molecular formula is C13H9BrFNO3. The Balaban J connectivity index is 2.16. The molecule has 0 aliphatic heterocycles. The number of non-ortho nitro benzene ring substituents is 1. The average molecular weight is 326 g/mol. The molecule has 0 saturated heterocycles. The fraction of sp³-hybridized carbons (Fsp3) is 0.0769. The van der Waals surface area contributed by atoms with Crippen LogP contribution < -0.4 is 4.74 Å². The fourth-order valence-electron chi connectivity index (χ4n) is 1.54. The van der Waals surface area contributed by atoms with E-state index < -0.39 is 10.7 Å². The Bertz CT molecular complexity index is 619. The SMILES string of the molecule is O=[N+]([O-])c1cc(F)cc(COc2ccccc2Br)c1. The molecule has 0 aliphatic carbocycles. The molecule has 2 rings (SSSR count). The van der Waals surface area contributed by atoms with Crippen LogP contribution in [0.2, 0.25) is 0 Å². The van der Waals surface area contributed by atoms with Gasteiger partial charge < -0.3 is 4.74 Å². The van der Waals surface area contributed by atoms with E-state index in [-0.39, 0.29) is 12.3 Å². The lowest BCUT2D eigenvalue weighted by Gasteiger charge is -2.08. The molecule has 0 unspecified atom stereocenters. The highest BCUT2D eigenvalue weighted by molar-refractivity contribution is 9.10. The van der Waals surface area contributed by atoms with Gasteiger partial charge in [0.1, 0.15) is 18.2 Å². The third-order valence-corrected chi connectivity index (χ3v) is 3.04. The van der Waals surface area contributed by atoms with Gasteiger partial charge in [0.2, 0.25) is 0 Å². The highest BCUT2D eigenvalue weighted by Crippen LogP contribution is 2.25. The minimum absolute atomic E-state index is 0.0568. The maximum atomic E-state index is 13.2. The number of benzene rings is 2. The summed E-state index contributed by atoms with van der Waals surface area (Å²) in [5, 5.41) is 10.6. The van der Waals surface area contributed by atoms with Gasteiger partial charge in [0.15, 0.2) is 0 Å². The maximum absolute atomic E-state index is 13.2. The molecule has 0 amide bonds. The van der Waals surface area contributed by atoms with Crippen molar-refractivity contribution in [1.82, 2.24) is 0 Å². The molecular weight excluding hydrogens is 317 g/mol. The number of rotatable bonds is 4. The monoisotopic (exact) mass is 325 g/mol. The van der Waals surface area contributed by atoms with E-state index in [0.29, 0.717) is 11.3 Å². The van der Waals surface area contributed by atoms with Gasteiger partial charge in [0.25, 0.3) is 5.69 Å². The Morgan fingerprint density at radius 1 is 1.26 bits per heavy atom. The zero-order valence-electron chi connectivity index (χ0n) is 9.68. The van der Waals surface area contributed by atoms with Gasteiger partial charge in [-0.05, 0) is 39.7 Å². The molecule has 19 heavy (non-hydrogen) atoms. The Morgan fingerprint density at radius 3 is 2.68 bits per heavy atom. The molecule has 2 aromatic rings. The number of halogens is 2. The quantitative estimate of drug-likeness (QED) is 0.628. The molecule has 2 aromatic carbocycles. The molecule has 0 radical (unpaired) electrons. The van der Waals surface area contributed by atoms with E-state index >= 15 is 0 Å². The number of hydrogen-bond donors (Lipinski definition) is 0. The van der Waals surface area contributed by atoms with E-state index in [9.17, 15) is 14.5 Å². The van der Waals surface area contributed by atoms with Gasteiger partial charge in [-0.15, -0.1) is 0 Å². The van der Waals surface area contributed by atoms with Crippen LogP contribution in [0.3, 0.4) is 0 Å². The van der Waals surface area contributed by atoms with Crippen LogP contribution in [-0.2, 0) is 6.61 Å². The van der Waals surface area contributed by atoms with Gasteiger partial charge in [-0.25, -0.2) is 4.39 Å². The molecule has 0 atom stereocenters. The van der Waals surface area contributed by atoms with Gasteiger partial charge >= 0.3 is 0 Å². The van der Waals surface area contributed by atoms with Gasteiger partial charge in [0, 0.05) is 6.07 Å². The van der Waals surface area contributed by atoms with Gasteiger partial charge in [-0.3, -0.25) is 10.1 Å². The minimum Gasteiger partial charge on any atom is -0.488 e. The van der Waals surface area contributed by atoms with E-state index in [1.165, 1.54) is 12.1 Å². The average Bonchev–Trinajstić information content (AvgIpc) is 2.37. The fourth-order valence-corrected chi connectivity index (χ4v) is 1.94. The van der Waals surface area contributed by atoms with Crippen molar-refractivity contribution < 1.29 is 14.1 Å². The van der Waals surface area contributed by atoms with Crippen molar-refractivity contribution in [2.24, 2.45) is 0 Å². The van der Waals surface area contributed by atoms with Crippen LogP contribution in [0, 0.1) is 15.9 Å². The molecule has 0 saturated carbocycles. The summed E-state index contributed by atoms with van der Waals surface area (Å²) in [6, 6.07) is 10.6. The van der Waals surface area contributed by atoms with E-state index in [4.69, 9.17) is 4.74 Å². The predicted molar refractivity (Wildman–Crippen MR) is 71.5 cm³/mol. The molecule has 0 aromatic heterocycles. The molecule has 6 heteroatoms. The largest absolute Gasteiger partial charge is 0.488 e. The topological polar surface area (TPSA) is 52.4 Å². The summed E-state index contributed by atoms with van der Waals surface area (Å²) in [5.41, 5.74) is 0.119. The smallest absolute Gasteiger partial charge is 0.272 e. The molecule has 4 nitrogen and oxygen atoms in total. The first-order valence-corrected chi connectivity index (χ1v) is 6.17. The highest BCUT2D eigenvalue weighted by atomic mass is 79.9. The van der Waals surface area contributed by atoms with Crippen molar-refractivity contribution in [3.8, 4) is 5.75 Å². The minimum atomic E-state index is -0.653. The Kier molecular flexibility index (Phi) is 4.11. The summed E-state index contributed by atoms with van der Waals surface area (Å²) in [6.07, 6.45) is 0. The van der Waals surface area contributed by atoms with Crippen LogP contribution in [0.25, 0.3) is 0 Å². The van der Waals surface area contributed by atoms with E-state index in [1.54, 1.807) is 12.1 Å². The van der Waals surface area contributed by atoms with E-state index in [1.807, 2.05) is 12.1 Å². The lowest BCUT2D eigenvalue weighted by molar-refractivity contribution is -0.385. The van der Waals surface area contributed by atoms with Crippen LogP contribution in [0.1, 0.15) is 5.56 Å². The second-order valence-electron chi connectivity index (χ2n) is 3.79. The molecule has 0 heterocycles. The Morgan fingerprint density at radius 2 is 2.00 bits per heavy atom. The van der Waals surface area contributed by atoms with Crippen molar-refractivity contribution in [2.75, 3.05) is 0 Å². The summed E-state index contributed by atoms with van der Waals surface area (Å²) in [7, 11) is 0. The summed E-state index contributed by atoms with van der Waals surface area (Å²) in [5.74, 6) is -0.0608. The lowest BCUT2D eigenvalue weighted by atomic mass is 10.2. The Labute approximate surface area is 117 Å². The number of ether oxygens (including phenoxy) is 1. The van der Waals surface area contributed by atoms with Crippen molar-refractivity contribution in [2.45, 2.75) is 6.61 Å². The second-order valence-corrected chi connectivity index (χ2v) is 4.65. The predicted octanol–water partition coefficient (Wildman–Crippen LogP) is 4.08. The summed E-state index contributed by atoms with van der Waals surface area (Å²) < 4.78 is 19.5. The van der Waals surface area contributed by atoms with Crippen molar-refractivity contribution >= 4 is 21.6 Å². The van der Waals surface area contributed by atoms with Crippen molar-refractivity contribution in [1.29, 1.82) is 0 Å². The Hall–Kier alpha value is -1.95. The maximum Gasteiger partial charge on any atom is 0.272 e. The normalized spacial score (nSPS) is 10.2. The number of nitrogens with zero attached hydrogens (tertiary/aromatic N) is 1. The first-order valence-electron chi connectivity index (χ1n) is 5.37. The van der Waals surface area contributed by atoms with Crippen molar-refractivity contribution in [3.05, 3.63) is 68.4 Å². The van der Waals surface area contributed by atoms with Crippen LogP contribution in [0.15, 0.2) is 46.9 Å². The van der Waals surface area contributed by atoms with Crippen LogP contribution in [0.5, 0.6) is 5.75 Å². The number of nitro benzene ring substituents is 1. The van der Waals surface area contributed by atoms with E-state index in [0.717, 1.165) is 10.5 Å². The molecule has 0 bridgehead atoms. The number of hydrogen-bond acceptors (Lipinski definition) is 3. The number of nitro groups is 1. The summed E-state index contributed by atoms with van der Waals surface area (Å²) in [4.78, 5) is 9.99.